The Bertz CT molecular complexity index is 670. The van der Waals surface area contributed by atoms with E-state index in [0.717, 1.165) is 37.5 Å². The maximum absolute atomic E-state index is 13.5. The summed E-state index contributed by atoms with van der Waals surface area (Å²) in [5.74, 6) is 1.25. The number of carbonyl (C=O) groups excluding carboxylic acids is 1. The molecule has 0 saturated heterocycles. The van der Waals surface area contributed by atoms with E-state index < -0.39 is 11.8 Å². The van der Waals surface area contributed by atoms with Crippen LogP contribution in [-0.4, -0.2) is 20.8 Å². The summed E-state index contributed by atoms with van der Waals surface area (Å²) in [5.41, 5.74) is 0.153. The van der Waals surface area contributed by atoms with E-state index in [4.69, 9.17) is 0 Å². The summed E-state index contributed by atoms with van der Waals surface area (Å²) in [7, 11) is 0. The molecule has 116 valence electrons. The number of rotatable bonds is 3. The molecule has 2 aromatic rings. The third kappa shape index (κ3) is 3.24. The fourth-order valence-corrected chi connectivity index (χ4v) is 2.56. The van der Waals surface area contributed by atoms with Crippen LogP contribution in [0.2, 0.25) is 0 Å². The highest BCUT2D eigenvalue weighted by Crippen LogP contribution is 2.15. The van der Waals surface area contributed by atoms with Gasteiger partial charge in [-0.2, -0.15) is 0 Å². The van der Waals surface area contributed by atoms with Gasteiger partial charge < -0.3 is 15.2 Å². The predicted octanol–water partition coefficient (Wildman–Crippen LogP) is 2.47. The second-order valence-corrected chi connectivity index (χ2v) is 5.28. The number of hydrogen-bond donors (Lipinski definition) is 2. The number of amides is 2. The number of benzene rings is 1. The Morgan fingerprint density at radius 3 is 2.95 bits per heavy atom. The summed E-state index contributed by atoms with van der Waals surface area (Å²) in [6.45, 7) is 1.15. The predicted molar refractivity (Wildman–Crippen MR) is 79.8 cm³/mol. The Labute approximate surface area is 127 Å². The molecule has 1 aliphatic heterocycles. The molecule has 0 unspecified atom stereocenters. The van der Waals surface area contributed by atoms with Crippen molar-refractivity contribution < 1.29 is 9.18 Å². The van der Waals surface area contributed by atoms with Crippen molar-refractivity contribution in [3.8, 4) is 0 Å². The number of aryl methyl sites for hydroxylation is 1. The molecule has 22 heavy (non-hydrogen) atoms. The minimum atomic E-state index is -0.464. The molecule has 6 nitrogen and oxygen atoms in total. The monoisotopic (exact) mass is 303 g/mol. The molecule has 2 amide bonds. The molecule has 1 aromatic heterocycles. The van der Waals surface area contributed by atoms with Gasteiger partial charge in [-0.15, -0.1) is 10.2 Å². The first-order valence-corrected chi connectivity index (χ1v) is 7.44. The lowest BCUT2D eigenvalue weighted by atomic mass is 10.2. The normalized spacial score (nSPS) is 14.0. The quantitative estimate of drug-likeness (QED) is 0.915. The molecule has 2 N–H and O–H groups in total. The van der Waals surface area contributed by atoms with Gasteiger partial charge in [-0.05, 0) is 25.0 Å². The number of aromatic nitrogens is 3. The second kappa shape index (κ2) is 6.55. The fourth-order valence-electron chi connectivity index (χ4n) is 2.56. The zero-order chi connectivity index (χ0) is 15.4. The first-order valence-electron chi connectivity index (χ1n) is 7.44. The van der Waals surface area contributed by atoms with Crippen molar-refractivity contribution in [1.29, 1.82) is 0 Å². The van der Waals surface area contributed by atoms with E-state index in [1.54, 1.807) is 12.1 Å². The Kier molecular flexibility index (Phi) is 4.32. The molecule has 1 aliphatic rings. The van der Waals surface area contributed by atoms with Crippen molar-refractivity contribution in [2.24, 2.45) is 0 Å². The van der Waals surface area contributed by atoms with E-state index in [-0.39, 0.29) is 12.2 Å². The van der Waals surface area contributed by atoms with Crippen molar-refractivity contribution in [1.82, 2.24) is 20.1 Å². The van der Waals surface area contributed by atoms with Crippen molar-refractivity contribution in [3.05, 3.63) is 41.7 Å². The summed E-state index contributed by atoms with van der Waals surface area (Å²) < 4.78 is 15.5. The summed E-state index contributed by atoms with van der Waals surface area (Å²) >= 11 is 0. The average molecular weight is 303 g/mol. The highest BCUT2D eigenvalue weighted by atomic mass is 19.1. The SMILES string of the molecule is O=C(NCc1nnc2n1CCCCC2)Nc1ccccc1F. The van der Waals surface area contributed by atoms with Gasteiger partial charge in [0.15, 0.2) is 5.82 Å². The molecule has 2 heterocycles. The van der Waals surface area contributed by atoms with Crippen LogP contribution in [-0.2, 0) is 19.5 Å². The van der Waals surface area contributed by atoms with Gasteiger partial charge in [0.25, 0.3) is 0 Å². The molecule has 0 aliphatic carbocycles. The first kappa shape index (κ1) is 14.5. The van der Waals surface area contributed by atoms with Crippen LogP contribution in [0.5, 0.6) is 0 Å². The Hall–Kier alpha value is -2.44. The van der Waals surface area contributed by atoms with Gasteiger partial charge in [0.2, 0.25) is 0 Å². The van der Waals surface area contributed by atoms with Gasteiger partial charge in [-0.1, -0.05) is 18.6 Å². The standard InChI is InChI=1S/C15H18FN5O/c16-11-6-3-4-7-12(11)18-15(22)17-10-14-20-19-13-8-2-1-5-9-21(13)14/h3-4,6-7H,1-2,5,8-10H2,(H2,17,18,22). The highest BCUT2D eigenvalue weighted by Gasteiger charge is 2.15. The molecule has 7 heteroatoms. The number of hydrogen-bond acceptors (Lipinski definition) is 3. The number of anilines is 1. The number of carbonyl (C=O) groups is 1. The Balaban J connectivity index is 1.60. The lowest BCUT2D eigenvalue weighted by Gasteiger charge is -2.09. The molecule has 0 atom stereocenters. The van der Waals surface area contributed by atoms with Crippen LogP contribution in [0.15, 0.2) is 24.3 Å². The first-order chi connectivity index (χ1) is 10.7. The van der Waals surface area contributed by atoms with Gasteiger partial charge in [-0.3, -0.25) is 0 Å². The van der Waals surface area contributed by atoms with E-state index in [9.17, 15) is 9.18 Å². The van der Waals surface area contributed by atoms with E-state index in [2.05, 4.69) is 25.4 Å². The van der Waals surface area contributed by atoms with Crippen molar-refractivity contribution in [2.75, 3.05) is 5.32 Å². The number of urea groups is 1. The molecule has 0 saturated carbocycles. The highest BCUT2D eigenvalue weighted by molar-refractivity contribution is 5.89. The maximum atomic E-state index is 13.5. The van der Waals surface area contributed by atoms with Crippen LogP contribution < -0.4 is 10.6 Å². The van der Waals surface area contributed by atoms with Gasteiger partial charge in [0.05, 0.1) is 12.2 Å². The smallest absolute Gasteiger partial charge is 0.319 e. The molecule has 3 rings (SSSR count). The van der Waals surface area contributed by atoms with Gasteiger partial charge in [0.1, 0.15) is 11.6 Å². The number of halogens is 1. The van der Waals surface area contributed by atoms with Crippen LogP contribution in [0.1, 0.15) is 30.9 Å². The van der Waals surface area contributed by atoms with Crippen LogP contribution >= 0.6 is 0 Å². The lowest BCUT2D eigenvalue weighted by Crippen LogP contribution is -2.29. The van der Waals surface area contributed by atoms with Crippen molar-refractivity contribution >= 4 is 11.7 Å². The topological polar surface area (TPSA) is 71.8 Å². The number of fused-ring (bicyclic) bond motifs is 1. The molecule has 1 aromatic carbocycles. The third-order valence-corrected chi connectivity index (χ3v) is 3.72. The minimum absolute atomic E-state index is 0.153. The number of nitrogens with zero attached hydrogens (tertiary/aromatic N) is 3. The summed E-state index contributed by atoms with van der Waals surface area (Å²) in [5, 5.41) is 13.5. The second-order valence-electron chi connectivity index (χ2n) is 5.28. The Morgan fingerprint density at radius 1 is 1.23 bits per heavy atom. The zero-order valence-electron chi connectivity index (χ0n) is 12.2. The third-order valence-electron chi connectivity index (χ3n) is 3.72. The van der Waals surface area contributed by atoms with Gasteiger partial charge in [-0.25, -0.2) is 9.18 Å². The average Bonchev–Trinajstić information content (AvgIpc) is 2.75. The molecular weight excluding hydrogens is 285 g/mol. The molecule has 0 bridgehead atoms. The molecule has 0 radical (unpaired) electrons. The fraction of sp³-hybridized carbons (Fsp3) is 0.400. The van der Waals surface area contributed by atoms with E-state index in [1.165, 1.54) is 18.6 Å². The summed E-state index contributed by atoms with van der Waals surface area (Å²) in [4.78, 5) is 11.8. The largest absolute Gasteiger partial charge is 0.331 e. The minimum Gasteiger partial charge on any atom is -0.331 e. The van der Waals surface area contributed by atoms with Gasteiger partial charge in [0, 0.05) is 13.0 Å². The summed E-state index contributed by atoms with van der Waals surface area (Å²) in [6.07, 6.45) is 4.33. The lowest BCUT2D eigenvalue weighted by molar-refractivity contribution is 0.251. The van der Waals surface area contributed by atoms with E-state index in [1.807, 2.05) is 0 Å². The van der Waals surface area contributed by atoms with Crippen molar-refractivity contribution in [2.45, 2.75) is 38.8 Å². The zero-order valence-corrected chi connectivity index (χ0v) is 12.2. The van der Waals surface area contributed by atoms with Crippen LogP contribution in [0.25, 0.3) is 0 Å². The van der Waals surface area contributed by atoms with Crippen LogP contribution in [0, 0.1) is 5.82 Å². The molecule has 0 fully saturated rings. The van der Waals surface area contributed by atoms with Gasteiger partial charge >= 0.3 is 6.03 Å². The Morgan fingerprint density at radius 2 is 2.09 bits per heavy atom. The van der Waals surface area contributed by atoms with E-state index in [0.29, 0.717) is 0 Å². The molecule has 0 spiro atoms. The summed E-state index contributed by atoms with van der Waals surface area (Å²) in [6, 6.07) is 5.59. The van der Waals surface area contributed by atoms with Crippen molar-refractivity contribution in [3.63, 3.8) is 0 Å². The van der Waals surface area contributed by atoms with Crippen LogP contribution in [0.3, 0.4) is 0 Å². The van der Waals surface area contributed by atoms with Crippen LogP contribution in [0.4, 0.5) is 14.9 Å². The van der Waals surface area contributed by atoms with E-state index >= 15 is 0 Å². The number of para-hydroxylation sites is 1. The maximum Gasteiger partial charge on any atom is 0.319 e. The molecular formula is C15H18FN5O. The number of nitrogens with one attached hydrogen (secondary N) is 2.